The quantitative estimate of drug-likeness (QED) is 0.552. The minimum Gasteiger partial charge on any atom is -0.396 e. The van der Waals surface area contributed by atoms with E-state index in [1.54, 1.807) is 0 Å². The smallest absolute Gasteiger partial charge is 0.0461 e. The molecule has 7 heavy (non-hydrogen) atoms. The van der Waals surface area contributed by atoms with Gasteiger partial charge >= 0.3 is 0 Å². The molecule has 0 aliphatic carbocycles. The zero-order valence-electron chi connectivity index (χ0n) is 5.02. The number of hydrogen-bond donors (Lipinski definition) is 1. The second-order valence-electron chi connectivity index (χ2n) is 2.19. The van der Waals surface area contributed by atoms with Gasteiger partial charge in [0.1, 0.15) is 0 Å². The maximum atomic E-state index is 8.44. The Kier molecular flexibility index (Phi) is 3.01. The highest BCUT2D eigenvalue weighted by molar-refractivity contribution is 4.61. The van der Waals surface area contributed by atoms with Crippen LogP contribution in [0.5, 0.6) is 0 Å². The van der Waals surface area contributed by atoms with Crippen LogP contribution in [0.3, 0.4) is 0 Å². The van der Waals surface area contributed by atoms with E-state index in [9.17, 15) is 0 Å². The van der Waals surface area contributed by atoms with Gasteiger partial charge in [-0.05, 0) is 18.8 Å². The van der Waals surface area contributed by atoms with Crippen molar-refractivity contribution >= 4 is 0 Å². The van der Waals surface area contributed by atoms with Gasteiger partial charge in [0.2, 0.25) is 0 Å². The highest BCUT2D eigenvalue weighted by atomic mass is 16.3. The highest BCUT2D eigenvalue weighted by Crippen LogP contribution is 2.05. The molecule has 0 aromatic rings. The van der Waals surface area contributed by atoms with Crippen LogP contribution in [-0.2, 0) is 0 Å². The summed E-state index contributed by atoms with van der Waals surface area (Å²) < 4.78 is 0. The fourth-order valence-electron chi connectivity index (χ4n) is 0.211. The second-order valence-corrected chi connectivity index (χ2v) is 2.19. The minimum absolute atomic E-state index is 0.206. The van der Waals surface area contributed by atoms with Crippen LogP contribution in [0.25, 0.3) is 0 Å². The molecule has 0 unspecified atom stereocenters. The van der Waals surface area contributed by atoms with Crippen molar-refractivity contribution in [2.75, 3.05) is 6.61 Å². The average Bonchev–Trinajstić information content (AvgIpc) is 1.65. The van der Waals surface area contributed by atoms with E-state index in [1.807, 2.05) is 13.8 Å². The highest BCUT2D eigenvalue weighted by Gasteiger charge is 2.02. The van der Waals surface area contributed by atoms with Gasteiger partial charge in [0, 0.05) is 6.61 Å². The van der Waals surface area contributed by atoms with Crippen LogP contribution in [0.15, 0.2) is 0 Å². The van der Waals surface area contributed by atoms with Gasteiger partial charge < -0.3 is 5.11 Å². The number of rotatable bonds is 2. The van der Waals surface area contributed by atoms with Crippen molar-refractivity contribution in [3.8, 4) is 0 Å². The zero-order chi connectivity index (χ0) is 5.86. The van der Waals surface area contributed by atoms with Crippen molar-refractivity contribution in [1.29, 1.82) is 0 Å². The molecule has 0 aliphatic heterocycles. The van der Waals surface area contributed by atoms with Crippen molar-refractivity contribution in [3.05, 3.63) is 6.92 Å². The molecule has 43 valence electrons. The van der Waals surface area contributed by atoms with Crippen molar-refractivity contribution in [2.45, 2.75) is 13.8 Å². The molecule has 0 aromatic carbocycles. The van der Waals surface area contributed by atoms with E-state index in [2.05, 4.69) is 6.92 Å². The Morgan fingerprint density at radius 1 is 1.57 bits per heavy atom. The first kappa shape index (κ1) is 6.96. The molecule has 0 spiro atoms. The molecule has 0 rings (SSSR count). The largest absolute Gasteiger partial charge is 0.396 e. The lowest BCUT2D eigenvalue weighted by Crippen LogP contribution is -2.08. The minimum atomic E-state index is 0.206. The van der Waals surface area contributed by atoms with Gasteiger partial charge in [-0.1, -0.05) is 13.8 Å². The lowest BCUT2D eigenvalue weighted by Gasteiger charge is -2.09. The van der Waals surface area contributed by atoms with Crippen molar-refractivity contribution < 1.29 is 5.11 Å². The van der Waals surface area contributed by atoms with E-state index in [0.29, 0.717) is 5.92 Å². The van der Waals surface area contributed by atoms with E-state index in [1.165, 1.54) is 0 Å². The molecule has 0 saturated heterocycles. The molecule has 0 aliphatic rings. The predicted molar refractivity (Wildman–Crippen MR) is 30.8 cm³/mol. The Bertz CT molecular complexity index is 41.4. The zero-order valence-corrected chi connectivity index (χ0v) is 5.02. The van der Waals surface area contributed by atoms with Crippen LogP contribution in [-0.4, -0.2) is 11.7 Å². The van der Waals surface area contributed by atoms with E-state index in [-0.39, 0.29) is 12.5 Å². The molecule has 1 atom stereocenters. The lowest BCUT2D eigenvalue weighted by molar-refractivity contribution is 0.220. The Morgan fingerprint density at radius 3 is 2.00 bits per heavy atom. The second kappa shape index (κ2) is 3.03. The van der Waals surface area contributed by atoms with Gasteiger partial charge in [0.05, 0.1) is 0 Å². The molecule has 0 saturated carbocycles. The average molecular weight is 101 g/mol. The third kappa shape index (κ3) is 2.63. The van der Waals surface area contributed by atoms with Crippen LogP contribution in [0.4, 0.5) is 0 Å². The summed E-state index contributed by atoms with van der Waals surface area (Å²) in [7, 11) is 0. The number of aliphatic hydroxyl groups is 1. The molecule has 1 N–H and O–H groups in total. The fraction of sp³-hybridized carbons (Fsp3) is 0.833. The van der Waals surface area contributed by atoms with Crippen molar-refractivity contribution in [3.63, 3.8) is 0 Å². The molecule has 0 heterocycles. The summed E-state index contributed by atoms with van der Waals surface area (Å²) >= 11 is 0. The summed E-state index contributed by atoms with van der Waals surface area (Å²) in [5.74, 6) is 0.713. The predicted octanol–water partition coefficient (Wildman–Crippen LogP) is 1.08. The Morgan fingerprint density at radius 2 is 2.00 bits per heavy atom. The van der Waals surface area contributed by atoms with Gasteiger partial charge in [-0.2, -0.15) is 0 Å². The van der Waals surface area contributed by atoms with E-state index < -0.39 is 0 Å². The molecule has 1 nitrogen and oxygen atoms in total. The van der Waals surface area contributed by atoms with E-state index in [4.69, 9.17) is 5.11 Å². The molecular weight excluding hydrogens is 88.1 g/mol. The summed E-state index contributed by atoms with van der Waals surface area (Å²) in [6, 6.07) is 0. The standard InChI is InChI=1S/C6H13O/c1-5(2)6(3)4-7/h5-7H,3-4H2,1-2H3/t6-/m1/s1. The summed E-state index contributed by atoms with van der Waals surface area (Å²) in [6.07, 6.45) is 0. The van der Waals surface area contributed by atoms with Gasteiger partial charge in [-0.25, -0.2) is 0 Å². The molecule has 1 radical (unpaired) electrons. The van der Waals surface area contributed by atoms with Crippen LogP contribution in [0.1, 0.15) is 13.8 Å². The number of aliphatic hydroxyl groups excluding tert-OH is 1. The van der Waals surface area contributed by atoms with Crippen LogP contribution >= 0.6 is 0 Å². The molecule has 0 fully saturated rings. The lowest BCUT2D eigenvalue weighted by atomic mass is 10.00. The number of hydrogen-bond acceptors (Lipinski definition) is 1. The molecular formula is C6H13O. The maximum Gasteiger partial charge on any atom is 0.0461 e. The molecule has 0 bridgehead atoms. The first-order chi connectivity index (χ1) is 3.18. The third-order valence-corrected chi connectivity index (χ3v) is 1.18. The third-order valence-electron chi connectivity index (χ3n) is 1.18. The summed E-state index contributed by atoms with van der Waals surface area (Å²) in [6.45, 7) is 8.01. The SMILES string of the molecule is [CH2][C@H](CO)C(C)C. The fourth-order valence-corrected chi connectivity index (χ4v) is 0.211. The monoisotopic (exact) mass is 101 g/mol. The van der Waals surface area contributed by atoms with Gasteiger partial charge in [0.25, 0.3) is 0 Å². The maximum absolute atomic E-state index is 8.44. The van der Waals surface area contributed by atoms with Crippen molar-refractivity contribution in [2.24, 2.45) is 11.8 Å². The Balaban J connectivity index is 3.14. The van der Waals surface area contributed by atoms with Crippen LogP contribution in [0, 0.1) is 18.8 Å². The summed E-state index contributed by atoms with van der Waals surface area (Å²) in [5, 5.41) is 8.44. The van der Waals surface area contributed by atoms with Crippen LogP contribution < -0.4 is 0 Å². The normalized spacial score (nSPS) is 15.0. The summed E-state index contributed by atoms with van der Waals surface area (Å²) in [4.78, 5) is 0. The topological polar surface area (TPSA) is 20.2 Å². The van der Waals surface area contributed by atoms with Gasteiger partial charge in [-0.15, -0.1) is 0 Å². The van der Waals surface area contributed by atoms with Crippen LogP contribution in [0.2, 0.25) is 0 Å². The van der Waals surface area contributed by atoms with E-state index in [0.717, 1.165) is 0 Å². The van der Waals surface area contributed by atoms with E-state index >= 15 is 0 Å². The van der Waals surface area contributed by atoms with Gasteiger partial charge in [0.15, 0.2) is 0 Å². The summed E-state index contributed by atoms with van der Waals surface area (Å²) in [5.41, 5.74) is 0. The molecule has 0 aromatic heterocycles. The van der Waals surface area contributed by atoms with Gasteiger partial charge in [-0.3, -0.25) is 0 Å². The Labute approximate surface area is 45.4 Å². The Hall–Kier alpha value is -0.0400. The molecule has 1 heteroatoms. The molecule has 0 amide bonds. The first-order valence-electron chi connectivity index (χ1n) is 2.62. The first-order valence-corrected chi connectivity index (χ1v) is 2.62. The van der Waals surface area contributed by atoms with Crippen molar-refractivity contribution in [1.82, 2.24) is 0 Å².